The van der Waals surface area contributed by atoms with E-state index in [0.29, 0.717) is 6.54 Å². The Kier molecular flexibility index (Phi) is 5.66. The van der Waals surface area contributed by atoms with Crippen LogP contribution in [0.3, 0.4) is 0 Å². The predicted octanol–water partition coefficient (Wildman–Crippen LogP) is 4.59. The molecule has 148 valence electrons. The Balaban J connectivity index is 1.34. The van der Waals surface area contributed by atoms with Gasteiger partial charge in [0.15, 0.2) is 0 Å². The molecule has 3 aromatic rings. The summed E-state index contributed by atoms with van der Waals surface area (Å²) in [6.07, 6.45) is 0.190. The zero-order valence-corrected chi connectivity index (χ0v) is 16.3. The lowest BCUT2D eigenvalue weighted by Crippen LogP contribution is -2.34. The van der Waals surface area contributed by atoms with Crippen LogP contribution in [0.4, 0.5) is 4.79 Å². The van der Waals surface area contributed by atoms with E-state index >= 15 is 0 Å². The van der Waals surface area contributed by atoms with Crippen LogP contribution in [0, 0.1) is 0 Å². The molecular formula is C24H23NO4. The van der Waals surface area contributed by atoms with Gasteiger partial charge in [0.1, 0.15) is 24.2 Å². The number of rotatable bonds is 6. The fourth-order valence-electron chi connectivity index (χ4n) is 3.42. The molecule has 5 heteroatoms. The van der Waals surface area contributed by atoms with Crippen molar-refractivity contribution in [2.45, 2.75) is 19.1 Å². The number of methoxy groups -OCH3 is 1. The predicted molar refractivity (Wildman–Crippen MR) is 111 cm³/mol. The molecule has 1 amide bonds. The van der Waals surface area contributed by atoms with E-state index in [4.69, 9.17) is 14.2 Å². The Bertz CT molecular complexity index is 970. The van der Waals surface area contributed by atoms with E-state index in [0.717, 1.165) is 40.2 Å². The third-order valence-corrected chi connectivity index (χ3v) is 4.92. The van der Waals surface area contributed by atoms with Crippen molar-refractivity contribution >= 4 is 6.09 Å². The summed E-state index contributed by atoms with van der Waals surface area (Å²) in [6.45, 7) is 0.643. The van der Waals surface area contributed by atoms with Crippen LogP contribution in [0.5, 0.6) is 11.5 Å². The van der Waals surface area contributed by atoms with Crippen LogP contribution in [-0.4, -0.2) is 25.9 Å². The molecule has 0 spiro atoms. The lowest BCUT2D eigenvalue weighted by Gasteiger charge is -2.14. The van der Waals surface area contributed by atoms with Gasteiger partial charge in [0.2, 0.25) is 0 Å². The Morgan fingerprint density at radius 3 is 2.59 bits per heavy atom. The van der Waals surface area contributed by atoms with E-state index in [-0.39, 0.29) is 12.7 Å². The fourth-order valence-corrected chi connectivity index (χ4v) is 3.42. The average Bonchev–Trinajstić information content (AvgIpc) is 3.20. The molecule has 1 aliphatic heterocycles. The van der Waals surface area contributed by atoms with Crippen molar-refractivity contribution in [3.63, 3.8) is 0 Å². The van der Waals surface area contributed by atoms with Gasteiger partial charge in [-0.1, -0.05) is 60.7 Å². The molecule has 29 heavy (non-hydrogen) atoms. The highest BCUT2D eigenvalue weighted by molar-refractivity contribution is 5.73. The first-order valence-corrected chi connectivity index (χ1v) is 9.60. The summed E-state index contributed by atoms with van der Waals surface area (Å²) in [6, 6.07) is 23.7. The lowest BCUT2D eigenvalue weighted by atomic mass is 10.0. The SMILES string of the molecule is COc1ccc(-c2cccc3c2OC(CNC(=O)OCc2ccccc2)C3)cc1. The smallest absolute Gasteiger partial charge is 0.407 e. The molecule has 4 rings (SSSR count). The Morgan fingerprint density at radius 1 is 1.03 bits per heavy atom. The van der Waals surface area contributed by atoms with Gasteiger partial charge in [-0.25, -0.2) is 4.79 Å². The first-order chi connectivity index (χ1) is 14.2. The van der Waals surface area contributed by atoms with Crippen LogP contribution in [0.25, 0.3) is 11.1 Å². The van der Waals surface area contributed by atoms with Crippen molar-refractivity contribution in [3.8, 4) is 22.6 Å². The minimum absolute atomic E-state index is 0.117. The first-order valence-electron chi connectivity index (χ1n) is 9.60. The molecule has 1 heterocycles. The van der Waals surface area contributed by atoms with Crippen molar-refractivity contribution in [1.82, 2.24) is 5.32 Å². The van der Waals surface area contributed by atoms with Crippen LogP contribution in [0.15, 0.2) is 72.8 Å². The number of ether oxygens (including phenoxy) is 3. The fraction of sp³-hybridized carbons (Fsp3) is 0.208. The van der Waals surface area contributed by atoms with Crippen molar-refractivity contribution < 1.29 is 19.0 Å². The van der Waals surface area contributed by atoms with Crippen LogP contribution < -0.4 is 14.8 Å². The third kappa shape index (κ3) is 4.51. The van der Waals surface area contributed by atoms with Crippen molar-refractivity contribution in [2.24, 2.45) is 0 Å². The topological polar surface area (TPSA) is 56.8 Å². The van der Waals surface area contributed by atoms with E-state index in [1.165, 1.54) is 0 Å². The minimum Gasteiger partial charge on any atom is -0.497 e. The van der Waals surface area contributed by atoms with Gasteiger partial charge >= 0.3 is 6.09 Å². The van der Waals surface area contributed by atoms with Gasteiger partial charge in [-0.3, -0.25) is 0 Å². The largest absolute Gasteiger partial charge is 0.497 e. The second-order valence-corrected chi connectivity index (χ2v) is 6.91. The number of carbonyl (C=O) groups is 1. The molecule has 5 nitrogen and oxygen atoms in total. The van der Waals surface area contributed by atoms with E-state index in [1.807, 2.05) is 66.7 Å². The normalized spacial score (nSPS) is 14.6. The molecule has 0 fully saturated rings. The monoisotopic (exact) mass is 389 g/mol. The summed E-state index contributed by atoms with van der Waals surface area (Å²) in [7, 11) is 1.65. The summed E-state index contributed by atoms with van der Waals surface area (Å²) in [5, 5.41) is 2.80. The standard InChI is InChI=1S/C24H23NO4/c1-27-20-12-10-18(11-13-20)22-9-5-8-19-14-21(29-23(19)22)15-25-24(26)28-16-17-6-3-2-4-7-17/h2-13,21H,14-16H2,1H3,(H,25,26). The number of hydrogen-bond acceptors (Lipinski definition) is 4. The summed E-state index contributed by atoms with van der Waals surface area (Å²) in [4.78, 5) is 12.0. The number of carbonyl (C=O) groups excluding carboxylic acids is 1. The maximum absolute atomic E-state index is 12.0. The van der Waals surface area contributed by atoms with E-state index in [2.05, 4.69) is 11.4 Å². The highest BCUT2D eigenvalue weighted by atomic mass is 16.5. The second kappa shape index (κ2) is 8.69. The van der Waals surface area contributed by atoms with E-state index in [1.54, 1.807) is 7.11 Å². The number of nitrogens with one attached hydrogen (secondary N) is 1. The molecule has 0 radical (unpaired) electrons. The van der Waals surface area contributed by atoms with Gasteiger partial charge in [0.05, 0.1) is 13.7 Å². The van der Waals surface area contributed by atoms with E-state index < -0.39 is 6.09 Å². The summed E-state index contributed by atoms with van der Waals surface area (Å²) in [5.74, 6) is 1.69. The van der Waals surface area contributed by atoms with Crippen molar-refractivity contribution in [3.05, 3.63) is 83.9 Å². The summed E-state index contributed by atoms with van der Waals surface area (Å²) >= 11 is 0. The number of alkyl carbamates (subject to hydrolysis) is 1. The quantitative estimate of drug-likeness (QED) is 0.670. The van der Waals surface area contributed by atoms with Crippen LogP contribution >= 0.6 is 0 Å². The summed E-state index contributed by atoms with van der Waals surface area (Å²) < 4.78 is 16.7. The minimum atomic E-state index is -0.441. The Hall–Kier alpha value is -3.47. The van der Waals surface area contributed by atoms with Gasteiger partial charge in [-0.15, -0.1) is 0 Å². The molecule has 3 aromatic carbocycles. The Morgan fingerprint density at radius 2 is 1.83 bits per heavy atom. The zero-order chi connectivity index (χ0) is 20.1. The summed E-state index contributed by atoms with van der Waals surface area (Å²) in [5.41, 5.74) is 4.21. The molecule has 1 unspecified atom stereocenters. The highest BCUT2D eigenvalue weighted by Crippen LogP contribution is 2.39. The molecular weight excluding hydrogens is 366 g/mol. The second-order valence-electron chi connectivity index (χ2n) is 6.91. The van der Waals surface area contributed by atoms with Crippen molar-refractivity contribution in [1.29, 1.82) is 0 Å². The average molecular weight is 389 g/mol. The third-order valence-electron chi connectivity index (χ3n) is 4.92. The maximum atomic E-state index is 12.0. The molecule has 1 atom stereocenters. The number of fused-ring (bicyclic) bond motifs is 1. The molecule has 0 aromatic heterocycles. The number of benzene rings is 3. The van der Waals surface area contributed by atoms with Crippen LogP contribution in [-0.2, 0) is 17.8 Å². The van der Waals surface area contributed by atoms with Crippen LogP contribution in [0.1, 0.15) is 11.1 Å². The zero-order valence-electron chi connectivity index (χ0n) is 16.3. The lowest BCUT2D eigenvalue weighted by molar-refractivity contribution is 0.133. The van der Waals surface area contributed by atoms with Gasteiger partial charge in [0, 0.05) is 12.0 Å². The molecule has 0 saturated carbocycles. The number of para-hydroxylation sites is 1. The van der Waals surface area contributed by atoms with Crippen LogP contribution in [0.2, 0.25) is 0 Å². The number of amides is 1. The van der Waals surface area contributed by atoms with Gasteiger partial charge in [-0.2, -0.15) is 0 Å². The van der Waals surface area contributed by atoms with E-state index in [9.17, 15) is 4.79 Å². The maximum Gasteiger partial charge on any atom is 0.407 e. The first kappa shape index (κ1) is 18.9. The Labute approximate surface area is 170 Å². The molecule has 0 bridgehead atoms. The van der Waals surface area contributed by atoms with Gasteiger partial charge in [0.25, 0.3) is 0 Å². The van der Waals surface area contributed by atoms with Gasteiger partial charge in [-0.05, 0) is 28.8 Å². The molecule has 0 aliphatic carbocycles. The van der Waals surface area contributed by atoms with Crippen molar-refractivity contribution in [2.75, 3.05) is 13.7 Å². The highest BCUT2D eigenvalue weighted by Gasteiger charge is 2.26. The molecule has 1 aliphatic rings. The molecule has 1 N–H and O–H groups in total. The number of hydrogen-bond donors (Lipinski definition) is 1. The van der Waals surface area contributed by atoms with Gasteiger partial charge < -0.3 is 19.5 Å². The molecule has 0 saturated heterocycles.